The zero-order valence-electron chi connectivity index (χ0n) is 11.2. The fraction of sp³-hybridized carbons (Fsp3) is 0.533. The van der Waals surface area contributed by atoms with Crippen LogP contribution >= 0.6 is 0 Å². The van der Waals surface area contributed by atoms with Gasteiger partial charge in [-0.05, 0) is 30.9 Å². The molecule has 2 heteroatoms. The fourth-order valence-electron chi connectivity index (χ4n) is 1.71. The fourth-order valence-corrected chi connectivity index (χ4v) is 1.71. The van der Waals surface area contributed by atoms with Crippen LogP contribution in [-0.2, 0) is 16.0 Å². The van der Waals surface area contributed by atoms with E-state index in [4.69, 9.17) is 4.74 Å². The zero-order chi connectivity index (χ0) is 12.8. The summed E-state index contributed by atoms with van der Waals surface area (Å²) in [5.41, 5.74) is 2.37. The van der Waals surface area contributed by atoms with Gasteiger partial charge in [0.1, 0.15) is 6.10 Å². The molecule has 0 aromatic heterocycles. The maximum Gasteiger partial charge on any atom is 0.165 e. The van der Waals surface area contributed by atoms with Crippen molar-refractivity contribution in [1.29, 1.82) is 0 Å². The van der Waals surface area contributed by atoms with Crippen molar-refractivity contribution < 1.29 is 9.53 Å². The summed E-state index contributed by atoms with van der Waals surface area (Å²) in [7, 11) is 0. The van der Waals surface area contributed by atoms with Crippen molar-refractivity contribution in [2.75, 3.05) is 6.61 Å². The van der Waals surface area contributed by atoms with E-state index < -0.39 is 0 Å². The highest BCUT2D eigenvalue weighted by molar-refractivity contribution is 5.84. The van der Waals surface area contributed by atoms with Crippen LogP contribution in [-0.4, -0.2) is 18.5 Å². The lowest BCUT2D eigenvalue weighted by Crippen LogP contribution is -2.22. The maximum absolute atomic E-state index is 11.8. The van der Waals surface area contributed by atoms with Gasteiger partial charge in [0.25, 0.3) is 0 Å². The molecule has 1 unspecified atom stereocenters. The molecule has 0 heterocycles. The minimum Gasteiger partial charge on any atom is -0.371 e. The number of rotatable bonds is 6. The molecule has 2 nitrogen and oxygen atoms in total. The van der Waals surface area contributed by atoms with Crippen LogP contribution in [0.3, 0.4) is 0 Å². The van der Waals surface area contributed by atoms with Crippen LogP contribution in [0.5, 0.6) is 0 Å². The van der Waals surface area contributed by atoms with Gasteiger partial charge in [0.05, 0.1) is 0 Å². The molecular weight excluding hydrogens is 212 g/mol. The van der Waals surface area contributed by atoms with E-state index in [1.807, 2.05) is 26.0 Å². The Bertz CT molecular complexity index is 352. The highest BCUT2D eigenvalue weighted by atomic mass is 16.5. The Morgan fingerprint density at radius 1 is 1.18 bits per heavy atom. The van der Waals surface area contributed by atoms with E-state index in [1.54, 1.807) is 0 Å². The van der Waals surface area contributed by atoms with Crippen molar-refractivity contribution in [2.45, 2.75) is 46.1 Å². The van der Waals surface area contributed by atoms with Crippen LogP contribution in [0.25, 0.3) is 0 Å². The van der Waals surface area contributed by atoms with Crippen LogP contribution in [0, 0.1) is 0 Å². The standard InChI is InChI=1S/C15H22O2/c1-5-17-12(4)15(16)10-13-6-8-14(9-7-13)11(2)3/h6-9,11-12H,5,10H2,1-4H3. The number of Topliss-reactive ketones (excluding diaryl/α,β-unsaturated/α-hetero) is 1. The van der Waals surface area contributed by atoms with E-state index in [9.17, 15) is 4.79 Å². The molecule has 94 valence electrons. The summed E-state index contributed by atoms with van der Waals surface area (Å²) in [6.07, 6.45) is 0.157. The molecule has 0 amide bonds. The summed E-state index contributed by atoms with van der Waals surface area (Å²) < 4.78 is 5.29. The normalized spacial score (nSPS) is 12.8. The summed E-state index contributed by atoms with van der Waals surface area (Å²) in [6, 6.07) is 8.26. The van der Waals surface area contributed by atoms with Crippen LogP contribution in [0.2, 0.25) is 0 Å². The van der Waals surface area contributed by atoms with Crippen molar-refractivity contribution in [1.82, 2.24) is 0 Å². The number of ether oxygens (including phenoxy) is 1. The van der Waals surface area contributed by atoms with E-state index in [-0.39, 0.29) is 11.9 Å². The average Bonchev–Trinajstić information content (AvgIpc) is 2.30. The minimum absolute atomic E-state index is 0.143. The molecule has 1 aromatic carbocycles. The number of ketones is 1. The molecule has 1 rings (SSSR count). The molecule has 0 radical (unpaired) electrons. The summed E-state index contributed by atoms with van der Waals surface area (Å²) in [4.78, 5) is 11.8. The summed E-state index contributed by atoms with van der Waals surface area (Å²) in [6.45, 7) is 8.63. The number of carbonyl (C=O) groups is 1. The molecule has 0 aliphatic heterocycles. The number of hydrogen-bond acceptors (Lipinski definition) is 2. The first kappa shape index (κ1) is 13.9. The van der Waals surface area contributed by atoms with Gasteiger partial charge in [0, 0.05) is 13.0 Å². The van der Waals surface area contributed by atoms with E-state index >= 15 is 0 Å². The third-order valence-corrected chi connectivity index (χ3v) is 2.89. The van der Waals surface area contributed by atoms with E-state index in [0.717, 1.165) is 5.56 Å². The Balaban J connectivity index is 2.60. The Labute approximate surface area is 104 Å². The van der Waals surface area contributed by atoms with Crippen LogP contribution in [0.4, 0.5) is 0 Å². The molecular formula is C15H22O2. The summed E-state index contributed by atoms with van der Waals surface area (Å²) in [5, 5.41) is 0. The maximum atomic E-state index is 11.8. The number of carbonyl (C=O) groups excluding carboxylic acids is 1. The third-order valence-electron chi connectivity index (χ3n) is 2.89. The van der Waals surface area contributed by atoms with Gasteiger partial charge in [-0.1, -0.05) is 38.1 Å². The molecule has 0 bridgehead atoms. The topological polar surface area (TPSA) is 26.3 Å². The smallest absolute Gasteiger partial charge is 0.165 e. The first-order valence-corrected chi connectivity index (χ1v) is 6.27. The predicted octanol–water partition coefficient (Wildman–Crippen LogP) is 3.35. The molecule has 0 saturated heterocycles. The monoisotopic (exact) mass is 234 g/mol. The van der Waals surface area contributed by atoms with Gasteiger partial charge in [-0.25, -0.2) is 0 Å². The van der Waals surface area contributed by atoms with Gasteiger partial charge in [-0.15, -0.1) is 0 Å². The van der Waals surface area contributed by atoms with E-state index in [1.165, 1.54) is 5.56 Å². The van der Waals surface area contributed by atoms with Crippen LogP contribution < -0.4 is 0 Å². The molecule has 0 saturated carbocycles. The van der Waals surface area contributed by atoms with E-state index in [0.29, 0.717) is 18.9 Å². The van der Waals surface area contributed by atoms with Gasteiger partial charge in [-0.3, -0.25) is 4.79 Å². The molecule has 1 aromatic rings. The molecule has 0 fully saturated rings. The van der Waals surface area contributed by atoms with Crippen LogP contribution in [0.15, 0.2) is 24.3 Å². The Morgan fingerprint density at radius 3 is 2.24 bits per heavy atom. The van der Waals surface area contributed by atoms with Gasteiger partial charge in [0.15, 0.2) is 5.78 Å². The van der Waals surface area contributed by atoms with Gasteiger partial charge >= 0.3 is 0 Å². The second kappa shape index (κ2) is 6.55. The van der Waals surface area contributed by atoms with Crippen LogP contribution in [0.1, 0.15) is 44.7 Å². The van der Waals surface area contributed by atoms with Crippen molar-refractivity contribution in [3.05, 3.63) is 35.4 Å². The predicted molar refractivity (Wildman–Crippen MR) is 70.3 cm³/mol. The third kappa shape index (κ3) is 4.31. The average molecular weight is 234 g/mol. The lowest BCUT2D eigenvalue weighted by atomic mass is 9.99. The molecule has 0 aliphatic carbocycles. The van der Waals surface area contributed by atoms with Crippen molar-refractivity contribution in [3.63, 3.8) is 0 Å². The molecule has 0 aliphatic rings. The number of benzene rings is 1. The first-order chi connectivity index (χ1) is 8.04. The lowest BCUT2D eigenvalue weighted by molar-refractivity contribution is -0.128. The van der Waals surface area contributed by atoms with Gasteiger partial charge in [0.2, 0.25) is 0 Å². The first-order valence-electron chi connectivity index (χ1n) is 6.27. The molecule has 0 spiro atoms. The second-order valence-electron chi connectivity index (χ2n) is 4.64. The molecule has 17 heavy (non-hydrogen) atoms. The second-order valence-corrected chi connectivity index (χ2v) is 4.64. The Morgan fingerprint density at radius 2 is 1.76 bits per heavy atom. The van der Waals surface area contributed by atoms with Crippen molar-refractivity contribution in [3.8, 4) is 0 Å². The Hall–Kier alpha value is -1.15. The Kier molecular flexibility index (Phi) is 5.36. The number of hydrogen-bond donors (Lipinski definition) is 0. The zero-order valence-corrected chi connectivity index (χ0v) is 11.2. The van der Waals surface area contributed by atoms with Gasteiger partial charge in [-0.2, -0.15) is 0 Å². The van der Waals surface area contributed by atoms with Crippen molar-refractivity contribution in [2.24, 2.45) is 0 Å². The quantitative estimate of drug-likeness (QED) is 0.754. The highest BCUT2D eigenvalue weighted by Crippen LogP contribution is 2.15. The molecule has 0 N–H and O–H groups in total. The highest BCUT2D eigenvalue weighted by Gasteiger charge is 2.13. The SMILES string of the molecule is CCOC(C)C(=O)Cc1ccc(C(C)C)cc1. The van der Waals surface area contributed by atoms with Gasteiger partial charge < -0.3 is 4.74 Å². The molecule has 1 atom stereocenters. The minimum atomic E-state index is -0.301. The van der Waals surface area contributed by atoms with E-state index in [2.05, 4.69) is 26.0 Å². The summed E-state index contributed by atoms with van der Waals surface area (Å²) >= 11 is 0. The lowest BCUT2D eigenvalue weighted by Gasteiger charge is -2.11. The largest absolute Gasteiger partial charge is 0.371 e. The van der Waals surface area contributed by atoms with Crippen molar-refractivity contribution >= 4 is 5.78 Å². The summed E-state index contributed by atoms with van der Waals surface area (Å²) in [5.74, 6) is 0.672.